The number of fused-ring (bicyclic) bond motifs is 1. The highest BCUT2D eigenvalue weighted by atomic mass is 32.1. The molecule has 3 aromatic rings. The van der Waals surface area contributed by atoms with Gasteiger partial charge in [-0.25, -0.2) is 4.98 Å². The Morgan fingerprint density at radius 1 is 1.26 bits per heavy atom. The number of nitrogens with zero attached hydrogens (tertiary/aromatic N) is 2. The van der Waals surface area contributed by atoms with Gasteiger partial charge in [0.05, 0.1) is 23.5 Å². The zero-order valence-electron chi connectivity index (χ0n) is 13.4. The quantitative estimate of drug-likeness (QED) is 0.743. The Kier molecular flexibility index (Phi) is 4.05. The van der Waals surface area contributed by atoms with E-state index in [1.54, 1.807) is 7.11 Å². The molecule has 3 rings (SSSR count). The van der Waals surface area contributed by atoms with Crippen molar-refractivity contribution in [1.82, 2.24) is 9.38 Å². The average molecular weight is 325 g/mol. The SMILES string of the molecule is COc1ccccc1-c1nc2ccc(C)cn2c1C(C)C(N)=S. The molecule has 2 aromatic heterocycles. The summed E-state index contributed by atoms with van der Waals surface area (Å²) < 4.78 is 7.57. The largest absolute Gasteiger partial charge is 0.496 e. The number of benzene rings is 1. The first-order valence-electron chi connectivity index (χ1n) is 7.44. The van der Waals surface area contributed by atoms with Crippen LogP contribution in [0.4, 0.5) is 0 Å². The first-order valence-corrected chi connectivity index (χ1v) is 7.85. The monoisotopic (exact) mass is 325 g/mol. The van der Waals surface area contributed by atoms with Crippen molar-refractivity contribution >= 4 is 22.9 Å². The summed E-state index contributed by atoms with van der Waals surface area (Å²) in [6, 6.07) is 11.9. The van der Waals surface area contributed by atoms with Crippen LogP contribution in [-0.2, 0) is 0 Å². The van der Waals surface area contributed by atoms with E-state index in [-0.39, 0.29) is 5.92 Å². The number of hydrogen-bond donors (Lipinski definition) is 1. The van der Waals surface area contributed by atoms with Crippen LogP contribution in [0.25, 0.3) is 16.9 Å². The molecule has 2 N–H and O–H groups in total. The van der Waals surface area contributed by atoms with Gasteiger partial charge in [-0.05, 0) is 30.7 Å². The van der Waals surface area contributed by atoms with Crippen molar-refractivity contribution in [2.75, 3.05) is 7.11 Å². The zero-order chi connectivity index (χ0) is 16.6. The van der Waals surface area contributed by atoms with Crippen LogP contribution in [0, 0.1) is 6.92 Å². The number of ether oxygens (including phenoxy) is 1. The van der Waals surface area contributed by atoms with Gasteiger partial charge in [-0.3, -0.25) is 0 Å². The zero-order valence-corrected chi connectivity index (χ0v) is 14.2. The van der Waals surface area contributed by atoms with Crippen LogP contribution < -0.4 is 10.5 Å². The Bertz CT molecular complexity index is 885. The second-order valence-electron chi connectivity index (χ2n) is 5.60. The van der Waals surface area contributed by atoms with E-state index in [0.29, 0.717) is 4.99 Å². The number of hydrogen-bond acceptors (Lipinski definition) is 3. The molecule has 1 unspecified atom stereocenters. The maximum Gasteiger partial charge on any atom is 0.137 e. The molecule has 0 amide bonds. The van der Waals surface area contributed by atoms with Crippen molar-refractivity contribution in [1.29, 1.82) is 0 Å². The van der Waals surface area contributed by atoms with Crippen molar-refractivity contribution in [3.8, 4) is 17.0 Å². The standard InChI is InChI=1S/C18H19N3OS/c1-11-8-9-15-20-16(13-6-4-5-7-14(13)22-3)17(21(15)10-11)12(2)18(19)23/h4-10,12H,1-3H3,(H2,19,23). The van der Waals surface area contributed by atoms with Gasteiger partial charge in [-0.1, -0.05) is 37.3 Å². The van der Waals surface area contributed by atoms with Crippen LogP contribution in [0.15, 0.2) is 42.6 Å². The molecule has 0 saturated heterocycles. The topological polar surface area (TPSA) is 52.5 Å². The van der Waals surface area contributed by atoms with Crippen molar-refractivity contribution < 1.29 is 4.74 Å². The Morgan fingerprint density at radius 3 is 2.70 bits per heavy atom. The van der Waals surface area contributed by atoms with E-state index in [1.165, 1.54) is 0 Å². The van der Waals surface area contributed by atoms with Gasteiger partial charge in [0, 0.05) is 17.7 Å². The van der Waals surface area contributed by atoms with Crippen molar-refractivity contribution in [2.24, 2.45) is 5.73 Å². The molecule has 0 radical (unpaired) electrons. The van der Waals surface area contributed by atoms with Crippen LogP contribution in [0.1, 0.15) is 24.1 Å². The van der Waals surface area contributed by atoms with E-state index in [2.05, 4.69) is 17.5 Å². The summed E-state index contributed by atoms with van der Waals surface area (Å²) in [5.74, 6) is 0.686. The predicted octanol–water partition coefficient (Wildman–Crippen LogP) is 3.71. The summed E-state index contributed by atoms with van der Waals surface area (Å²) in [4.78, 5) is 5.25. The van der Waals surface area contributed by atoms with Gasteiger partial charge in [0.1, 0.15) is 11.4 Å². The fourth-order valence-corrected chi connectivity index (χ4v) is 2.87. The van der Waals surface area contributed by atoms with Gasteiger partial charge in [0.2, 0.25) is 0 Å². The average Bonchev–Trinajstić information content (AvgIpc) is 2.92. The lowest BCUT2D eigenvalue weighted by Crippen LogP contribution is -2.18. The maximum absolute atomic E-state index is 5.93. The molecular formula is C18H19N3OS. The molecule has 0 fully saturated rings. The number of aryl methyl sites for hydroxylation is 1. The number of pyridine rings is 1. The molecule has 5 heteroatoms. The minimum absolute atomic E-state index is 0.0956. The highest BCUT2D eigenvalue weighted by Crippen LogP contribution is 2.35. The molecule has 1 aromatic carbocycles. The lowest BCUT2D eigenvalue weighted by molar-refractivity contribution is 0.416. The third-order valence-corrected chi connectivity index (χ3v) is 4.36. The molecule has 0 aliphatic rings. The molecule has 0 bridgehead atoms. The Balaban J connectivity index is 2.36. The van der Waals surface area contributed by atoms with Crippen LogP contribution in [0.3, 0.4) is 0 Å². The highest BCUT2D eigenvalue weighted by Gasteiger charge is 2.23. The van der Waals surface area contributed by atoms with Gasteiger partial charge >= 0.3 is 0 Å². The van der Waals surface area contributed by atoms with Crippen LogP contribution in [0.2, 0.25) is 0 Å². The van der Waals surface area contributed by atoms with E-state index in [9.17, 15) is 0 Å². The molecule has 0 aliphatic heterocycles. The van der Waals surface area contributed by atoms with Crippen LogP contribution in [0.5, 0.6) is 5.75 Å². The fourth-order valence-electron chi connectivity index (χ4n) is 2.76. The van der Waals surface area contributed by atoms with Crippen molar-refractivity contribution in [3.05, 3.63) is 53.9 Å². The Labute approximate surface area is 140 Å². The number of thiocarbonyl (C=S) groups is 1. The summed E-state index contributed by atoms with van der Waals surface area (Å²) in [6.07, 6.45) is 2.06. The molecular weight excluding hydrogens is 306 g/mol. The molecule has 23 heavy (non-hydrogen) atoms. The lowest BCUT2D eigenvalue weighted by atomic mass is 10.0. The highest BCUT2D eigenvalue weighted by molar-refractivity contribution is 7.80. The minimum Gasteiger partial charge on any atom is -0.496 e. The molecule has 118 valence electrons. The third kappa shape index (κ3) is 2.68. The summed E-state index contributed by atoms with van der Waals surface area (Å²) in [6.45, 7) is 4.06. The fraction of sp³-hybridized carbons (Fsp3) is 0.222. The minimum atomic E-state index is -0.0956. The normalized spacial score (nSPS) is 12.3. The number of rotatable bonds is 4. The van der Waals surface area contributed by atoms with Crippen molar-refractivity contribution in [3.63, 3.8) is 0 Å². The molecule has 0 saturated carbocycles. The number of aromatic nitrogens is 2. The smallest absolute Gasteiger partial charge is 0.137 e. The summed E-state index contributed by atoms with van der Waals surface area (Å²) >= 11 is 5.24. The number of para-hydroxylation sites is 1. The van der Waals surface area contributed by atoms with E-state index >= 15 is 0 Å². The molecule has 0 aliphatic carbocycles. The van der Waals surface area contributed by atoms with Crippen LogP contribution >= 0.6 is 12.2 Å². The van der Waals surface area contributed by atoms with Crippen LogP contribution in [-0.4, -0.2) is 21.5 Å². The first kappa shape index (κ1) is 15.5. The Morgan fingerprint density at radius 2 is 2.00 bits per heavy atom. The summed E-state index contributed by atoms with van der Waals surface area (Å²) in [5.41, 5.74) is 10.7. The lowest BCUT2D eigenvalue weighted by Gasteiger charge is -2.14. The molecule has 4 nitrogen and oxygen atoms in total. The number of nitrogens with two attached hydrogens (primary N) is 1. The van der Waals surface area contributed by atoms with Gasteiger partial charge in [-0.15, -0.1) is 0 Å². The summed E-state index contributed by atoms with van der Waals surface area (Å²) in [7, 11) is 1.66. The van der Waals surface area contributed by atoms with Gasteiger partial charge < -0.3 is 14.9 Å². The van der Waals surface area contributed by atoms with E-state index in [1.807, 2.05) is 43.3 Å². The predicted molar refractivity (Wildman–Crippen MR) is 97.1 cm³/mol. The van der Waals surface area contributed by atoms with Gasteiger partial charge in [0.15, 0.2) is 0 Å². The second-order valence-corrected chi connectivity index (χ2v) is 6.08. The van der Waals surface area contributed by atoms with Gasteiger partial charge in [0.25, 0.3) is 0 Å². The van der Waals surface area contributed by atoms with Gasteiger partial charge in [-0.2, -0.15) is 0 Å². The Hall–Kier alpha value is -2.40. The molecule has 1 atom stereocenters. The molecule has 0 spiro atoms. The summed E-state index contributed by atoms with van der Waals surface area (Å²) in [5, 5.41) is 0. The van der Waals surface area contributed by atoms with E-state index in [4.69, 9.17) is 27.7 Å². The van der Waals surface area contributed by atoms with Crippen molar-refractivity contribution in [2.45, 2.75) is 19.8 Å². The second kappa shape index (κ2) is 6.01. The first-order chi connectivity index (χ1) is 11.0. The third-order valence-electron chi connectivity index (χ3n) is 4.00. The molecule has 2 heterocycles. The number of imidazole rings is 1. The number of methoxy groups -OCH3 is 1. The maximum atomic E-state index is 5.93. The van der Waals surface area contributed by atoms with E-state index in [0.717, 1.165) is 33.9 Å². The van der Waals surface area contributed by atoms with E-state index < -0.39 is 0 Å².